The van der Waals surface area contributed by atoms with Crippen LogP contribution < -0.4 is 24.4 Å². The van der Waals surface area contributed by atoms with Crippen LogP contribution in [0, 0.1) is 0 Å². The van der Waals surface area contributed by atoms with Crippen molar-refractivity contribution >= 4 is 40.1 Å². The predicted molar refractivity (Wildman–Crippen MR) is 167 cm³/mol. The van der Waals surface area contributed by atoms with Crippen molar-refractivity contribution in [2.75, 3.05) is 38.1 Å². The molecule has 0 fully saturated rings. The molecule has 0 saturated carbocycles. The largest absolute Gasteiger partial charge is 0.493 e. The molecule has 2 aromatic heterocycles. The number of benzene rings is 3. The minimum atomic E-state index is -0.663. The minimum absolute atomic E-state index is 0.130. The molecular formula is C32H35N7O5. The summed E-state index contributed by atoms with van der Waals surface area (Å²) in [5, 5.41) is 8.67. The molecule has 0 bridgehead atoms. The van der Waals surface area contributed by atoms with Crippen LogP contribution in [0.25, 0.3) is 10.9 Å². The smallest absolute Gasteiger partial charge is 0.326 e. The fourth-order valence-corrected chi connectivity index (χ4v) is 4.67. The number of methoxy groups -OCH3 is 3. The molecule has 44 heavy (non-hydrogen) atoms. The van der Waals surface area contributed by atoms with Crippen molar-refractivity contribution in [3.63, 3.8) is 0 Å². The molecule has 0 aliphatic carbocycles. The first-order valence-corrected chi connectivity index (χ1v) is 13.9. The number of hydrogen-bond donors (Lipinski definition) is 1. The van der Waals surface area contributed by atoms with Crippen LogP contribution >= 0.6 is 0 Å². The first-order chi connectivity index (χ1) is 21.2. The highest BCUT2D eigenvalue weighted by Gasteiger charge is 2.23. The fraction of sp³-hybridized carbons (Fsp3) is 0.281. The van der Waals surface area contributed by atoms with Crippen LogP contribution in [0.3, 0.4) is 0 Å². The lowest BCUT2D eigenvalue weighted by Gasteiger charge is -2.25. The van der Waals surface area contributed by atoms with Crippen molar-refractivity contribution in [2.45, 2.75) is 32.9 Å². The van der Waals surface area contributed by atoms with Crippen molar-refractivity contribution in [2.24, 2.45) is 0 Å². The van der Waals surface area contributed by atoms with Crippen molar-refractivity contribution < 1.29 is 23.7 Å². The lowest BCUT2D eigenvalue weighted by atomic mass is 10.2. The molecule has 0 amide bonds. The molecule has 12 heteroatoms. The Labute approximate surface area is 255 Å². The van der Waals surface area contributed by atoms with Gasteiger partial charge in [-0.2, -0.15) is 10.1 Å². The molecular weight excluding hydrogens is 562 g/mol. The van der Waals surface area contributed by atoms with E-state index in [4.69, 9.17) is 18.9 Å². The first-order valence-electron chi connectivity index (χ1n) is 13.9. The maximum absolute atomic E-state index is 13.1. The van der Waals surface area contributed by atoms with Gasteiger partial charge in [-0.15, -0.1) is 0 Å². The van der Waals surface area contributed by atoms with E-state index in [-0.39, 0.29) is 18.4 Å². The number of esters is 1. The van der Waals surface area contributed by atoms with Crippen LogP contribution in [0.15, 0.2) is 73.2 Å². The highest BCUT2D eigenvalue weighted by molar-refractivity contribution is 5.86. The van der Waals surface area contributed by atoms with Gasteiger partial charge in [-0.25, -0.2) is 9.97 Å². The fourth-order valence-electron chi connectivity index (χ4n) is 4.67. The van der Waals surface area contributed by atoms with Crippen molar-refractivity contribution in [3.8, 4) is 17.2 Å². The van der Waals surface area contributed by atoms with Gasteiger partial charge in [0.15, 0.2) is 11.5 Å². The molecule has 228 valence electrons. The van der Waals surface area contributed by atoms with Crippen molar-refractivity contribution in [1.29, 1.82) is 0 Å². The summed E-state index contributed by atoms with van der Waals surface area (Å²) in [6.45, 7) is 5.98. The van der Waals surface area contributed by atoms with E-state index >= 15 is 0 Å². The predicted octanol–water partition coefficient (Wildman–Crippen LogP) is 5.52. The van der Waals surface area contributed by atoms with Gasteiger partial charge >= 0.3 is 5.97 Å². The standard InChI is InChI=1S/C32H35N7O5/c1-32(2,3)44-28(40)19-38(24-12-13-25-22(14-24)17-35-39(25)18-21-10-8-7-9-11-21)31-34-20-33-30(37-31)36-23-15-26(41-4)29(43-6)27(16-23)42-5/h7-17,20H,18-19H2,1-6H3,(H,33,34,36,37). The number of aromatic nitrogens is 5. The lowest BCUT2D eigenvalue weighted by Crippen LogP contribution is -2.33. The molecule has 0 radical (unpaired) electrons. The number of hydrogen-bond acceptors (Lipinski definition) is 11. The second-order valence-electron chi connectivity index (χ2n) is 10.9. The maximum Gasteiger partial charge on any atom is 0.326 e. The van der Waals surface area contributed by atoms with E-state index in [0.717, 1.165) is 16.5 Å². The Bertz CT molecular complexity index is 1730. The molecule has 0 unspecified atom stereocenters. The van der Waals surface area contributed by atoms with Gasteiger partial charge in [-0.3, -0.25) is 14.4 Å². The number of carbonyl (C=O) groups is 1. The van der Waals surface area contributed by atoms with Gasteiger partial charge in [0.2, 0.25) is 17.6 Å². The molecule has 0 aliphatic heterocycles. The molecule has 1 N–H and O–H groups in total. The van der Waals surface area contributed by atoms with Gasteiger partial charge in [0.25, 0.3) is 0 Å². The van der Waals surface area contributed by atoms with Crippen LogP contribution in [0.1, 0.15) is 26.3 Å². The molecule has 3 aromatic carbocycles. The third-order valence-corrected chi connectivity index (χ3v) is 6.54. The highest BCUT2D eigenvalue weighted by Crippen LogP contribution is 2.40. The number of nitrogens with zero attached hydrogens (tertiary/aromatic N) is 6. The summed E-state index contributed by atoms with van der Waals surface area (Å²) < 4.78 is 23.9. The van der Waals surface area contributed by atoms with E-state index < -0.39 is 11.6 Å². The zero-order chi connectivity index (χ0) is 31.3. The molecule has 0 aliphatic rings. The van der Waals surface area contributed by atoms with Crippen molar-refractivity contribution in [1.82, 2.24) is 24.7 Å². The molecule has 0 saturated heterocycles. The Balaban J connectivity index is 1.48. The van der Waals surface area contributed by atoms with Crippen LogP contribution in [-0.2, 0) is 16.1 Å². The monoisotopic (exact) mass is 597 g/mol. The van der Waals surface area contributed by atoms with E-state index in [0.29, 0.717) is 35.2 Å². The summed E-state index contributed by atoms with van der Waals surface area (Å²) in [7, 11) is 4.62. The SMILES string of the molecule is COc1cc(Nc2ncnc(N(CC(=O)OC(C)(C)C)c3ccc4c(cnn4Cc4ccccc4)c3)n2)cc(OC)c1OC. The Morgan fingerprint density at radius 1 is 0.932 bits per heavy atom. The Hall–Kier alpha value is -5.39. The second kappa shape index (κ2) is 12.9. The van der Waals surface area contributed by atoms with Crippen molar-refractivity contribution in [3.05, 3.63) is 78.8 Å². The zero-order valence-electron chi connectivity index (χ0n) is 25.6. The van der Waals surface area contributed by atoms with E-state index in [1.54, 1.807) is 37.4 Å². The third kappa shape index (κ3) is 6.97. The molecule has 5 aromatic rings. The number of carbonyl (C=O) groups excluding carboxylic acids is 1. The number of nitrogens with one attached hydrogen (secondary N) is 1. The highest BCUT2D eigenvalue weighted by atomic mass is 16.6. The van der Waals surface area contributed by atoms with Gasteiger partial charge in [-0.1, -0.05) is 30.3 Å². The summed E-state index contributed by atoms with van der Waals surface area (Å²) in [6, 6.07) is 19.4. The Kier molecular flexibility index (Phi) is 8.79. The van der Waals surface area contributed by atoms with Crippen LogP contribution in [0.2, 0.25) is 0 Å². The van der Waals surface area contributed by atoms with E-state index in [9.17, 15) is 4.79 Å². The Morgan fingerprint density at radius 3 is 2.32 bits per heavy atom. The summed E-state index contributed by atoms with van der Waals surface area (Å²) >= 11 is 0. The zero-order valence-corrected chi connectivity index (χ0v) is 25.6. The summed E-state index contributed by atoms with van der Waals surface area (Å²) in [5.41, 5.74) is 2.72. The summed E-state index contributed by atoms with van der Waals surface area (Å²) in [6.07, 6.45) is 3.18. The summed E-state index contributed by atoms with van der Waals surface area (Å²) in [4.78, 5) is 28.1. The average molecular weight is 598 g/mol. The lowest BCUT2D eigenvalue weighted by molar-refractivity contribution is -0.152. The molecule has 0 atom stereocenters. The number of ether oxygens (including phenoxy) is 4. The quantitative estimate of drug-likeness (QED) is 0.194. The molecule has 0 spiro atoms. The normalized spacial score (nSPS) is 11.2. The maximum atomic E-state index is 13.1. The van der Waals surface area contributed by atoms with Crippen LogP contribution in [0.4, 0.5) is 23.3 Å². The van der Waals surface area contributed by atoms with Gasteiger partial charge in [0.1, 0.15) is 18.5 Å². The van der Waals surface area contributed by atoms with Crippen LogP contribution in [0.5, 0.6) is 17.2 Å². The number of anilines is 4. The molecule has 12 nitrogen and oxygen atoms in total. The van der Waals surface area contributed by atoms with Gasteiger partial charge in [-0.05, 0) is 44.5 Å². The molecule has 2 heterocycles. The van der Waals surface area contributed by atoms with E-state index in [2.05, 4.69) is 37.5 Å². The van der Waals surface area contributed by atoms with Crippen LogP contribution in [-0.4, -0.2) is 64.2 Å². The van der Waals surface area contributed by atoms with E-state index in [1.165, 1.54) is 13.4 Å². The molecule has 5 rings (SSSR count). The summed E-state index contributed by atoms with van der Waals surface area (Å²) in [5.74, 6) is 1.46. The number of rotatable bonds is 11. The van der Waals surface area contributed by atoms with Gasteiger partial charge in [0, 0.05) is 28.9 Å². The van der Waals surface area contributed by atoms with E-state index in [1.807, 2.05) is 61.9 Å². The minimum Gasteiger partial charge on any atom is -0.493 e. The van der Waals surface area contributed by atoms with Gasteiger partial charge < -0.3 is 24.3 Å². The van der Waals surface area contributed by atoms with Gasteiger partial charge in [0.05, 0.1) is 39.6 Å². The Morgan fingerprint density at radius 2 is 1.66 bits per heavy atom. The average Bonchev–Trinajstić information content (AvgIpc) is 3.40. The first kappa shape index (κ1) is 30.1. The third-order valence-electron chi connectivity index (χ3n) is 6.54. The topological polar surface area (TPSA) is 126 Å². The second-order valence-corrected chi connectivity index (χ2v) is 10.9. The number of fused-ring (bicyclic) bond motifs is 1.